The molecule has 2 aromatic heterocycles. The molecule has 5 rings (SSSR count). The molecule has 1 fully saturated rings. The summed E-state index contributed by atoms with van der Waals surface area (Å²) in [6.45, 7) is 0.0614. The molecular weight excluding hydrogens is 549 g/mol. The average Bonchev–Trinajstić information content (AvgIpc) is 2.99. The van der Waals surface area contributed by atoms with Crippen molar-refractivity contribution in [1.29, 1.82) is 0 Å². The molecule has 1 atom stereocenters. The Labute approximate surface area is 235 Å². The average molecular weight is 574 g/mol. The minimum atomic E-state index is -4.19. The van der Waals surface area contributed by atoms with E-state index < -0.39 is 33.8 Å². The number of halogens is 1. The number of nitrogens with two attached hydrogens (primary N) is 1. The number of carbonyl (C=O) groups is 2. The van der Waals surface area contributed by atoms with Gasteiger partial charge in [0.25, 0.3) is 5.91 Å². The number of fused-ring (bicyclic) bond motifs is 1. The van der Waals surface area contributed by atoms with Crippen molar-refractivity contribution < 1.29 is 27.5 Å². The number of benzene rings is 2. The zero-order valence-corrected chi connectivity index (χ0v) is 22.4. The van der Waals surface area contributed by atoms with Crippen LogP contribution in [0.3, 0.4) is 0 Å². The first-order chi connectivity index (χ1) is 19.7. The highest BCUT2D eigenvalue weighted by atomic mass is 32.2. The molecular formula is C29H24FN5O5S. The summed E-state index contributed by atoms with van der Waals surface area (Å²) < 4.78 is 41.9. The standard InChI is InChI=1S/C29H24FN5O5S/c30-24-15-21(41(39,40)35-14-2-1-3-27(35)29(37)38)11-10-19(24)7-4-18-5-8-20(9-6-18)26-16-22(28(36)34-31)23-17-32-13-12-25(23)33-26/h5-6,8-13,15-17,27H,1-3,14,31H2,(H,34,36)(H,37,38). The van der Waals surface area contributed by atoms with E-state index in [0.29, 0.717) is 46.1 Å². The van der Waals surface area contributed by atoms with Crippen molar-refractivity contribution in [3.8, 4) is 23.1 Å². The van der Waals surface area contributed by atoms with E-state index in [1.54, 1.807) is 42.6 Å². The number of hydrazine groups is 1. The lowest BCUT2D eigenvalue weighted by Crippen LogP contribution is -2.47. The fraction of sp³-hybridized carbons (Fsp3) is 0.172. The summed E-state index contributed by atoms with van der Waals surface area (Å²) in [4.78, 5) is 32.2. The number of aliphatic carboxylic acids is 1. The Morgan fingerprint density at radius 3 is 2.56 bits per heavy atom. The van der Waals surface area contributed by atoms with Crippen LogP contribution in [-0.4, -0.2) is 52.3 Å². The largest absolute Gasteiger partial charge is 0.480 e. The van der Waals surface area contributed by atoms with Crippen molar-refractivity contribution >= 4 is 32.8 Å². The number of amides is 1. The molecule has 0 saturated carbocycles. The Morgan fingerprint density at radius 1 is 1.07 bits per heavy atom. The van der Waals surface area contributed by atoms with E-state index in [4.69, 9.17) is 5.84 Å². The monoisotopic (exact) mass is 573 g/mol. The highest BCUT2D eigenvalue weighted by Crippen LogP contribution is 2.27. The summed E-state index contributed by atoms with van der Waals surface area (Å²) >= 11 is 0. The number of nitrogens with one attached hydrogen (secondary N) is 1. The summed E-state index contributed by atoms with van der Waals surface area (Å²) in [5, 5.41) is 10.00. The SMILES string of the molecule is NNC(=O)c1cc(-c2ccc(C#Cc3ccc(S(=O)(=O)N4CCCCC4C(=O)O)cc3F)cc2)nc2ccncc12. The quantitative estimate of drug-likeness (QED) is 0.142. The molecule has 12 heteroatoms. The number of hydrogen-bond acceptors (Lipinski definition) is 7. The molecule has 1 aliphatic heterocycles. The van der Waals surface area contributed by atoms with Crippen molar-refractivity contribution in [3.63, 3.8) is 0 Å². The lowest BCUT2D eigenvalue weighted by molar-refractivity contribution is -0.142. The third-order valence-electron chi connectivity index (χ3n) is 6.79. The Hall–Kier alpha value is -4.70. The second-order valence-corrected chi connectivity index (χ2v) is 11.2. The van der Waals surface area contributed by atoms with E-state index in [0.717, 1.165) is 10.4 Å². The van der Waals surface area contributed by atoms with Crippen molar-refractivity contribution in [3.05, 3.63) is 89.5 Å². The van der Waals surface area contributed by atoms with Crippen LogP contribution in [0, 0.1) is 17.7 Å². The van der Waals surface area contributed by atoms with Crippen LogP contribution in [0.4, 0.5) is 4.39 Å². The molecule has 1 amide bonds. The molecule has 4 aromatic rings. The van der Waals surface area contributed by atoms with E-state index in [9.17, 15) is 27.5 Å². The van der Waals surface area contributed by atoms with Gasteiger partial charge in [-0.15, -0.1) is 0 Å². The van der Waals surface area contributed by atoms with Gasteiger partial charge in [-0.2, -0.15) is 4.31 Å². The van der Waals surface area contributed by atoms with Gasteiger partial charge >= 0.3 is 5.97 Å². The van der Waals surface area contributed by atoms with Gasteiger partial charge in [-0.25, -0.2) is 23.6 Å². The fourth-order valence-electron chi connectivity index (χ4n) is 4.68. The second kappa shape index (κ2) is 11.4. The smallest absolute Gasteiger partial charge is 0.322 e. The van der Waals surface area contributed by atoms with Crippen LogP contribution in [0.2, 0.25) is 0 Å². The maximum atomic E-state index is 14.9. The van der Waals surface area contributed by atoms with Crippen molar-refractivity contribution in [2.24, 2.45) is 5.84 Å². The first-order valence-electron chi connectivity index (χ1n) is 12.6. The lowest BCUT2D eigenvalue weighted by Gasteiger charge is -2.31. The summed E-state index contributed by atoms with van der Waals surface area (Å²) in [6.07, 6.45) is 4.46. The van der Waals surface area contributed by atoms with Crippen LogP contribution >= 0.6 is 0 Å². The topological polar surface area (TPSA) is 156 Å². The number of nitrogen functional groups attached to an aromatic ring is 1. The molecule has 1 saturated heterocycles. The highest BCUT2D eigenvalue weighted by molar-refractivity contribution is 7.89. The number of rotatable bonds is 5. The predicted molar refractivity (Wildman–Crippen MR) is 148 cm³/mol. The second-order valence-electron chi connectivity index (χ2n) is 9.36. The summed E-state index contributed by atoms with van der Waals surface area (Å²) in [5.74, 6) is 8.37. The van der Waals surface area contributed by atoms with Crippen molar-refractivity contribution in [2.45, 2.75) is 30.2 Å². The van der Waals surface area contributed by atoms with Gasteiger partial charge in [0.1, 0.15) is 11.9 Å². The lowest BCUT2D eigenvalue weighted by atomic mass is 10.0. The van der Waals surface area contributed by atoms with Gasteiger partial charge in [0.15, 0.2) is 0 Å². The van der Waals surface area contributed by atoms with Crippen LogP contribution < -0.4 is 11.3 Å². The van der Waals surface area contributed by atoms with E-state index in [1.165, 1.54) is 18.3 Å². The molecule has 10 nitrogen and oxygen atoms in total. The molecule has 0 aliphatic carbocycles. The summed E-state index contributed by atoms with van der Waals surface area (Å²) in [5.41, 5.74) is 4.81. The Morgan fingerprint density at radius 2 is 1.85 bits per heavy atom. The van der Waals surface area contributed by atoms with E-state index in [-0.39, 0.29) is 23.4 Å². The zero-order valence-electron chi connectivity index (χ0n) is 21.5. The number of carbonyl (C=O) groups excluding carboxylic acids is 1. The molecule has 0 radical (unpaired) electrons. The minimum absolute atomic E-state index is 0.0105. The Balaban J connectivity index is 1.39. The van der Waals surface area contributed by atoms with E-state index in [2.05, 4.69) is 27.2 Å². The van der Waals surface area contributed by atoms with Crippen LogP contribution in [0.1, 0.15) is 40.7 Å². The zero-order chi connectivity index (χ0) is 29.1. The number of nitrogens with zero attached hydrogens (tertiary/aromatic N) is 3. The molecule has 0 bridgehead atoms. The number of carboxylic acid groups (broad SMARTS) is 1. The molecule has 3 heterocycles. The van der Waals surface area contributed by atoms with Gasteiger partial charge in [0.2, 0.25) is 10.0 Å². The summed E-state index contributed by atoms with van der Waals surface area (Å²) in [6, 6.07) is 12.4. The van der Waals surface area contributed by atoms with Gasteiger partial charge in [-0.1, -0.05) is 24.0 Å². The Bertz CT molecular complexity index is 1830. The first-order valence-corrected chi connectivity index (χ1v) is 14.1. The van der Waals surface area contributed by atoms with Gasteiger partial charge in [0.05, 0.1) is 27.2 Å². The third-order valence-corrected chi connectivity index (χ3v) is 8.70. The van der Waals surface area contributed by atoms with Gasteiger partial charge in [-0.05, 0) is 61.7 Å². The van der Waals surface area contributed by atoms with Crippen LogP contribution in [0.15, 0.2) is 71.9 Å². The molecule has 0 spiro atoms. The minimum Gasteiger partial charge on any atom is -0.480 e. The number of carboxylic acids is 1. The number of aromatic nitrogens is 2. The van der Waals surface area contributed by atoms with Gasteiger partial charge < -0.3 is 5.11 Å². The normalized spacial score (nSPS) is 15.6. The maximum absolute atomic E-state index is 14.9. The molecule has 208 valence electrons. The number of piperidine rings is 1. The first kappa shape index (κ1) is 27.9. The highest BCUT2D eigenvalue weighted by Gasteiger charge is 2.37. The van der Waals surface area contributed by atoms with Gasteiger partial charge in [0, 0.05) is 35.5 Å². The Kier molecular flexibility index (Phi) is 7.76. The summed E-state index contributed by atoms with van der Waals surface area (Å²) in [7, 11) is -4.19. The maximum Gasteiger partial charge on any atom is 0.322 e. The molecule has 41 heavy (non-hydrogen) atoms. The third kappa shape index (κ3) is 5.64. The van der Waals surface area contributed by atoms with E-state index in [1.807, 2.05) is 0 Å². The molecule has 1 unspecified atom stereocenters. The number of pyridine rings is 2. The van der Waals surface area contributed by atoms with Crippen LogP contribution in [0.5, 0.6) is 0 Å². The van der Waals surface area contributed by atoms with Gasteiger partial charge in [-0.3, -0.25) is 20.0 Å². The van der Waals surface area contributed by atoms with Crippen LogP contribution in [0.25, 0.3) is 22.2 Å². The van der Waals surface area contributed by atoms with E-state index >= 15 is 0 Å². The number of hydrogen-bond donors (Lipinski definition) is 3. The van der Waals surface area contributed by atoms with Crippen LogP contribution in [-0.2, 0) is 14.8 Å². The van der Waals surface area contributed by atoms with Crippen molar-refractivity contribution in [1.82, 2.24) is 19.7 Å². The van der Waals surface area contributed by atoms with Crippen molar-refractivity contribution in [2.75, 3.05) is 6.54 Å². The molecule has 2 aromatic carbocycles. The molecule has 4 N–H and O–H groups in total. The molecule has 1 aliphatic rings. The predicted octanol–water partition coefficient (Wildman–Crippen LogP) is 3.07. The fourth-order valence-corrected chi connectivity index (χ4v) is 6.34. The number of sulfonamides is 1.